The van der Waals surface area contributed by atoms with Gasteiger partial charge in [-0.05, 0) is 49.2 Å². The van der Waals surface area contributed by atoms with Crippen LogP contribution in [-0.4, -0.2) is 40.7 Å². The highest BCUT2D eigenvalue weighted by atomic mass is 16.6. The predicted octanol–water partition coefficient (Wildman–Crippen LogP) is 7.79. The number of ether oxygens (including phenoxy) is 3. The number of aliphatic carboxylic acids is 1. The fraction of sp³-hybridized carbons (Fsp3) is 0.250. The number of methoxy groups -OCH3 is 2. The number of para-hydroxylation sites is 2. The van der Waals surface area contributed by atoms with Gasteiger partial charge in [0.15, 0.2) is 17.2 Å². The van der Waals surface area contributed by atoms with Gasteiger partial charge in [-0.2, -0.15) is 14.5 Å². The molecule has 2 heterocycles. The lowest BCUT2D eigenvalue weighted by atomic mass is 10.1. The van der Waals surface area contributed by atoms with Gasteiger partial charge in [0.1, 0.15) is 12.2 Å². The number of aromatic nitrogens is 2. The molecule has 1 aliphatic heterocycles. The fourth-order valence-corrected chi connectivity index (χ4v) is 6.23. The Morgan fingerprint density at radius 2 is 1.64 bits per heavy atom. The second-order valence-electron chi connectivity index (χ2n) is 11.3. The second-order valence-corrected chi connectivity index (χ2v) is 11.3. The molecule has 0 saturated carbocycles. The number of aliphatic imine (C=N–C) groups is 1. The summed E-state index contributed by atoms with van der Waals surface area (Å²) in [5.41, 5.74) is 6.42. The van der Waals surface area contributed by atoms with Crippen LogP contribution < -0.4 is 18.7 Å². The Bertz CT molecular complexity index is 1890. The minimum atomic E-state index is -1.25. The number of carboxylic acid groups (broad SMARTS) is 1. The average Bonchev–Trinajstić information content (AvgIpc) is 3.54. The molecule has 9 nitrogen and oxygen atoms in total. The van der Waals surface area contributed by atoms with Crippen LogP contribution in [0.15, 0.2) is 89.9 Å². The summed E-state index contributed by atoms with van der Waals surface area (Å²) >= 11 is 0. The molecule has 230 valence electrons. The molecular weight excluding hydrogens is 568 g/mol. The number of quaternary nitrogens is 1. The van der Waals surface area contributed by atoms with Crippen molar-refractivity contribution in [3.05, 3.63) is 102 Å². The first-order valence-corrected chi connectivity index (χ1v) is 15.0. The van der Waals surface area contributed by atoms with Crippen molar-refractivity contribution >= 4 is 40.2 Å². The van der Waals surface area contributed by atoms with Crippen molar-refractivity contribution in [2.24, 2.45) is 12.0 Å². The first-order valence-electron chi connectivity index (χ1n) is 15.0. The number of rotatable bonds is 11. The van der Waals surface area contributed by atoms with Crippen LogP contribution in [-0.2, 0) is 18.4 Å². The molecule has 2 unspecified atom stereocenters. The van der Waals surface area contributed by atoms with Crippen molar-refractivity contribution in [1.29, 1.82) is 0 Å². The Kier molecular flexibility index (Phi) is 8.03. The molecule has 1 N–H and O–H groups in total. The molecule has 0 spiro atoms. The number of amidine groups is 1. The summed E-state index contributed by atoms with van der Waals surface area (Å²) in [6.07, 6.45) is 0.421. The van der Waals surface area contributed by atoms with Crippen molar-refractivity contribution in [1.82, 2.24) is 14.0 Å². The third kappa shape index (κ3) is 5.19. The van der Waals surface area contributed by atoms with Crippen molar-refractivity contribution in [2.45, 2.75) is 39.3 Å². The standard InChI is InChI=1S/C36H36N4O5/c1-6-12-32-37-27-18-17-23(2)19-29(27)40(32,36-38-26-15-10-11-16-28(26)39(36)3)22-24-20-30(43-4)34(31(21-24)44-5)45-33(35(41)42)25-13-8-7-9-14-25/h7-11,13-21,33H,6,12,22H2,1-5H3/p+1. The third-order valence-corrected chi connectivity index (χ3v) is 8.31. The Morgan fingerprint density at radius 3 is 2.29 bits per heavy atom. The van der Waals surface area contributed by atoms with Crippen molar-refractivity contribution in [3.63, 3.8) is 0 Å². The summed E-state index contributed by atoms with van der Waals surface area (Å²) < 4.78 is 20.2. The summed E-state index contributed by atoms with van der Waals surface area (Å²) in [6.45, 7) is 4.70. The van der Waals surface area contributed by atoms with E-state index in [1.54, 1.807) is 24.3 Å². The molecule has 0 fully saturated rings. The Hall–Kier alpha value is -5.15. The van der Waals surface area contributed by atoms with Gasteiger partial charge in [-0.15, -0.1) is 0 Å². The second kappa shape index (κ2) is 12.1. The van der Waals surface area contributed by atoms with Gasteiger partial charge in [0.2, 0.25) is 17.7 Å². The van der Waals surface area contributed by atoms with Crippen molar-refractivity contribution < 1.29 is 24.1 Å². The van der Waals surface area contributed by atoms with Gasteiger partial charge < -0.3 is 19.3 Å². The number of hydrogen-bond acceptors (Lipinski definition) is 6. The average molecular weight is 606 g/mol. The smallest absolute Gasteiger partial charge is 0.349 e. The molecule has 0 saturated heterocycles. The van der Waals surface area contributed by atoms with Crippen LogP contribution in [0.25, 0.3) is 11.0 Å². The molecule has 0 radical (unpaired) electrons. The predicted molar refractivity (Wildman–Crippen MR) is 176 cm³/mol. The van der Waals surface area contributed by atoms with Crippen LogP contribution in [0, 0.1) is 6.92 Å². The molecule has 5 aromatic rings. The number of benzene rings is 4. The van der Waals surface area contributed by atoms with Gasteiger partial charge in [-0.1, -0.05) is 55.5 Å². The highest BCUT2D eigenvalue weighted by molar-refractivity contribution is 6.06. The van der Waals surface area contributed by atoms with Crippen LogP contribution >= 0.6 is 0 Å². The van der Waals surface area contributed by atoms with Gasteiger partial charge in [0.05, 0.1) is 25.3 Å². The lowest BCUT2D eigenvalue weighted by molar-refractivity contribution is -0.145. The summed E-state index contributed by atoms with van der Waals surface area (Å²) in [6, 6.07) is 27.1. The first-order chi connectivity index (χ1) is 21.8. The largest absolute Gasteiger partial charge is 0.493 e. The molecule has 0 amide bonds. The quantitative estimate of drug-likeness (QED) is 0.155. The lowest BCUT2D eigenvalue weighted by Gasteiger charge is -2.33. The van der Waals surface area contributed by atoms with E-state index in [1.165, 1.54) is 14.2 Å². The van der Waals surface area contributed by atoms with E-state index in [9.17, 15) is 9.90 Å². The van der Waals surface area contributed by atoms with E-state index in [0.717, 1.165) is 58.2 Å². The molecule has 1 aromatic heterocycles. The molecule has 9 heteroatoms. The van der Waals surface area contributed by atoms with Crippen molar-refractivity contribution in [3.8, 4) is 17.2 Å². The first kappa shape index (κ1) is 29.9. The van der Waals surface area contributed by atoms with Gasteiger partial charge in [0, 0.05) is 30.7 Å². The third-order valence-electron chi connectivity index (χ3n) is 8.31. The number of carbonyl (C=O) groups is 1. The van der Waals surface area contributed by atoms with Crippen LogP contribution in [0.4, 0.5) is 17.3 Å². The lowest BCUT2D eigenvalue weighted by Crippen LogP contribution is -2.48. The number of aryl methyl sites for hydroxylation is 2. The van der Waals surface area contributed by atoms with Gasteiger partial charge in [-0.25, -0.2) is 4.79 Å². The zero-order valence-corrected chi connectivity index (χ0v) is 26.2. The summed E-state index contributed by atoms with van der Waals surface area (Å²) in [4.78, 5) is 22.7. The van der Waals surface area contributed by atoms with E-state index in [2.05, 4.69) is 49.7 Å². The van der Waals surface area contributed by atoms with Crippen LogP contribution in [0.5, 0.6) is 17.2 Å². The topological polar surface area (TPSA) is 95.2 Å². The minimum absolute atomic E-state index is 0.217. The summed E-state index contributed by atoms with van der Waals surface area (Å²) in [5, 5.41) is 10.1. The number of imidazole rings is 1. The molecule has 1 aliphatic rings. The van der Waals surface area contributed by atoms with E-state index in [4.69, 9.17) is 24.2 Å². The number of carboxylic acids is 1. The van der Waals surface area contributed by atoms with E-state index in [-0.39, 0.29) is 5.75 Å². The monoisotopic (exact) mass is 605 g/mol. The molecule has 6 rings (SSSR count). The molecular formula is C36H37N4O5+. The fourth-order valence-electron chi connectivity index (χ4n) is 6.23. The Balaban J connectivity index is 1.53. The minimum Gasteiger partial charge on any atom is -0.493 e. The maximum absolute atomic E-state index is 12.3. The summed E-state index contributed by atoms with van der Waals surface area (Å²) in [5.74, 6) is 1.67. The number of hydrogen-bond donors (Lipinski definition) is 1. The van der Waals surface area contributed by atoms with Crippen molar-refractivity contribution in [2.75, 3.05) is 14.2 Å². The molecule has 0 bridgehead atoms. The van der Waals surface area contributed by atoms with E-state index < -0.39 is 12.1 Å². The molecule has 45 heavy (non-hydrogen) atoms. The Morgan fingerprint density at radius 1 is 0.956 bits per heavy atom. The maximum atomic E-state index is 12.3. The van der Waals surface area contributed by atoms with Gasteiger partial charge in [0.25, 0.3) is 0 Å². The molecule has 4 aromatic carbocycles. The SMILES string of the molecule is CCCC1=Nc2ccc(C)cc2[N+]1(Cc1cc(OC)c(OC(C(=O)O)c2ccccc2)c(OC)c1)c1nc2ccccc2n1C. The Labute approximate surface area is 262 Å². The molecule has 0 aliphatic carbocycles. The highest BCUT2D eigenvalue weighted by Gasteiger charge is 2.49. The van der Waals surface area contributed by atoms with Gasteiger partial charge >= 0.3 is 11.9 Å². The van der Waals surface area contributed by atoms with Crippen LogP contribution in [0.3, 0.4) is 0 Å². The number of nitrogens with zero attached hydrogens (tertiary/aromatic N) is 4. The summed E-state index contributed by atoms with van der Waals surface area (Å²) in [7, 11) is 5.13. The van der Waals surface area contributed by atoms with E-state index >= 15 is 0 Å². The zero-order valence-electron chi connectivity index (χ0n) is 26.2. The zero-order chi connectivity index (χ0) is 31.7. The highest BCUT2D eigenvalue weighted by Crippen LogP contribution is 2.51. The number of fused-ring (bicyclic) bond motifs is 2. The van der Waals surface area contributed by atoms with Gasteiger partial charge in [-0.3, -0.25) is 4.57 Å². The van der Waals surface area contributed by atoms with Crippen LogP contribution in [0.1, 0.15) is 42.6 Å². The van der Waals surface area contributed by atoms with E-state index in [0.29, 0.717) is 28.1 Å². The molecule has 2 atom stereocenters. The normalized spacial score (nSPS) is 16.2. The maximum Gasteiger partial charge on any atom is 0.349 e. The van der Waals surface area contributed by atoms with Crippen LogP contribution in [0.2, 0.25) is 0 Å². The van der Waals surface area contributed by atoms with E-state index in [1.807, 2.05) is 36.4 Å².